The molecular weight excluding hydrogens is 659 g/mol. The molecule has 6 heteroatoms. The van der Waals surface area contributed by atoms with Crippen LogP contribution in [0.2, 0.25) is 0 Å². The first-order valence-corrected chi connectivity index (χ1v) is 23.1. The number of carbonyl (C=O) groups excluding carboxylic acids is 2. The summed E-state index contributed by atoms with van der Waals surface area (Å²) in [5, 5.41) is 9.60. The van der Waals surface area contributed by atoms with Crippen LogP contribution in [0, 0.1) is 11.8 Å². The number of nitrogens with zero attached hydrogens (tertiary/aromatic N) is 1. The Balaban J connectivity index is 0. The maximum absolute atomic E-state index is 12.5. The molecule has 0 aliphatic heterocycles. The highest BCUT2D eigenvalue weighted by molar-refractivity contribution is 5.69. The Morgan fingerprint density at radius 2 is 0.736 bits per heavy atom. The quantitative estimate of drug-likeness (QED) is 0.0494. The third-order valence-electron chi connectivity index (χ3n) is 11.0. The van der Waals surface area contributed by atoms with Gasteiger partial charge in [-0.25, -0.2) is 0 Å². The Hall–Kier alpha value is -1.14. The lowest BCUT2D eigenvalue weighted by molar-refractivity contribution is -0.146. The second-order valence-corrected chi connectivity index (χ2v) is 16.1. The van der Waals surface area contributed by atoms with Gasteiger partial charge < -0.3 is 19.5 Å². The molecule has 0 spiro atoms. The molecule has 0 saturated heterocycles. The van der Waals surface area contributed by atoms with Crippen LogP contribution in [0.3, 0.4) is 0 Å². The molecule has 0 fully saturated rings. The fraction of sp³-hybridized carbons (Fsp3) is 0.957. The molecule has 53 heavy (non-hydrogen) atoms. The number of rotatable bonds is 42. The van der Waals surface area contributed by atoms with Gasteiger partial charge in [0.25, 0.3) is 0 Å². The van der Waals surface area contributed by atoms with E-state index in [2.05, 4.69) is 32.6 Å². The van der Waals surface area contributed by atoms with Crippen LogP contribution >= 0.6 is 0 Å². The standard InChI is InChI=1S/C46H91NO5.CH4/c1-5-9-13-17-19-25-33-43(31-23-15-11-7-3)41-51-45(49)35-27-21-29-37-47(39-40-48)38-30-22-28-36-46(50)52-42-44(32-24-16-12-8-4)34-26-20-18-14-10-6-2;/h43-44,48H,5-42H2,1-4H3;1H4. The molecule has 2 atom stereocenters. The van der Waals surface area contributed by atoms with E-state index in [9.17, 15) is 14.7 Å². The van der Waals surface area contributed by atoms with E-state index in [0.717, 1.165) is 51.6 Å². The van der Waals surface area contributed by atoms with E-state index in [1.807, 2.05) is 0 Å². The van der Waals surface area contributed by atoms with Crippen molar-refractivity contribution in [3.63, 3.8) is 0 Å². The lowest BCUT2D eigenvalue weighted by Gasteiger charge is -2.21. The SMILES string of the molecule is C.CCCCCCCCC(CCCCCC)COC(=O)CCCCCN(CCO)CCCCCC(=O)OCC(CCCCCC)CCCCCCCC. The van der Waals surface area contributed by atoms with Crippen LogP contribution in [-0.4, -0.2) is 61.4 Å². The van der Waals surface area contributed by atoms with Crippen molar-refractivity contribution in [1.29, 1.82) is 0 Å². The first kappa shape index (κ1) is 54.0. The van der Waals surface area contributed by atoms with Crippen LogP contribution in [0.25, 0.3) is 0 Å². The highest BCUT2D eigenvalue weighted by atomic mass is 16.5. The predicted molar refractivity (Wildman–Crippen MR) is 230 cm³/mol. The fourth-order valence-corrected chi connectivity index (χ4v) is 7.37. The van der Waals surface area contributed by atoms with Gasteiger partial charge in [0.2, 0.25) is 0 Å². The van der Waals surface area contributed by atoms with Crippen molar-refractivity contribution in [3.05, 3.63) is 0 Å². The molecule has 0 aliphatic carbocycles. The van der Waals surface area contributed by atoms with Crippen molar-refractivity contribution >= 4 is 11.9 Å². The summed E-state index contributed by atoms with van der Waals surface area (Å²) in [6.45, 7) is 13.0. The highest BCUT2D eigenvalue weighted by Crippen LogP contribution is 2.21. The van der Waals surface area contributed by atoms with E-state index >= 15 is 0 Å². The molecule has 0 amide bonds. The third kappa shape index (κ3) is 38.9. The van der Waals surface area contributed by atoms with E-state index in [0.29, 0.717) is 44.4 Å². The smallest absolute Gasteiger partial charge is 0.305 e. The molecule has 0 aromatic rings. The second-order valence-electron chi connectivity index (χ2n) is 16.1. The normalized spacial score (nSPS) is 12.5. The van der Waals surface area contributed by atoms with Gasteiger partial charge in [0.15, 0.2) is 0 Å². The number of carbonyl (C=O) groups is 2. The summed E-state index contributed by atoms with van der Waals surface area (Å²) in [5.41, 5.74) is 0. The van der Waals surface area contributed by atoms with Gasteiger partial charge in [0.1, 0.15) is 0 Å². The molecule has 0 radical (unpaired) electrons. The topological polar surface area (TPSA) is 76.1 Å². The molecular formula is C47H95NO5. The van der Waals surface area contributed by atoms with Gasteiger partial charge in [0, 0.05) is 19.4 Å². The maximum Gasteiger partial charge on any atom is 0.305 e. The van der Waals surface area contributed by atoms with Gasteiger partial charge >= 0.3 is 11.9 Å². The number of aliphatic hydroxyl groups excluding tert-OH is 1. The molecule has 0 heterocycles. The average molecular weight is 754 g/mol. The number of hydrogen-bond donors (Lipinski definition) is 1. The van der Waals surface area contributed by atoms with E-state index in [1.54, 1.807) is 0 Å². The summed E-state index contributed by atoms with van der Waals surface area (Å²) < 4.78 is 11.6. The van der Waals surface area contributed by atoms with Gasteiger partial charge in [-0.3, -0.25) is 9.59 Å². The van der Waals surface area contributed by atoms with Crippen molar-refractivity contribution in [1.82, 2.24) is 4.90 Å². The number of esters is 2. The van der Waals surface area contributed by atoms with Crippen molar-refractivity contribution in [3.8, 4) is 0 Å². The van der Waals surface area contributed by atoms with Gasteiger partial charge in [0.05, 0.1) is 19.8 Å². The van der Waals surface area contributed by atoms with Gasteiger partial charge in [-0.2, -0.15) is 0 Å². The molecule has 1 N–H and O–H groups in total. The lowest BCUT2D eigenvalue weighted by Crippen LogP contribution is -2.29. The zero-order valence-electron chi connectivity index (χ0n) is 35.6. The van der Waals surface area contributed by atoms with Crippen molar-refractivity contribution < 1.29 is 24.2 Å². The van der Waals surface area contributed by atoms with Crippen LogP contribution < -0.4 is 0 Å². The Morgan fingerprint density at radius 1 is 0.434 bits per heavy atom. The summed E-state index contributed by atoms with van der Waals surface area (Å²) in [7, 11) is 0. The van der Waals surface area contributed by atoms with Crippen molar-refractivity contribution in [2.24, 2.45) is 11.8 Å². The number of hydrogen-bond acceptors (Lipinski definition) is 6. The molecule has 0 aromatic heterocycles. The van der Waals surface area contributed by atoms with Crippen molar-refractivity contribution in [2.75, 3.05) is 39.5 Å². The van der Waals surface area contributed by atoms with Crippen LogP contribution in [-0.2, 0) is 19.1 Å². The summed E-state index contributed by atoms with van der Waals surface area (Å²) >= 11 is 0. The minimum absolute atomic E-state index is 0. The second kappa shape index (κ2) is 43.6. The minimum Gasteiger partial charge on any atom is -0.465 e. The minimum atomic E-state index is -0.0347. The summed E-state index contributed by atoms with van der Waals surface area (Å²) in [5.74, 6) is 0.962. The molecule has 2 unspecified atom stereocenters. The Labute approximate surface area is 332 Å². The largest absolute Gasteiger partial charge is 0.465 e. The summed E-state index contributed by atoms with van der Waals surface area (Å²) in [6, 6.07) is 0. The van der Waals surface area contributed by atoms with E-state index in [4.69, 9.17) is 9.47 Å². The highest BCUT2D eigenvalue weighted by Gasteiger charge is 2.14. The molecule has 6 nitrogen and oxygen atoms in total. The predicted octanol–water partition coefficient (Wildman–Crippen LogP) is 13.8. The number of unbranched alkanes of at least 4 members (excludes halogenated alkanes) is 20. The fourth-order valence-electron chi connectivity index (χ4n) is 7.37. The molecule has 0 saturated carbocycles. The Kier molecular flexibility index (Phi) is 44.4. The molecule has 318 valence electrons. The van der Waals surface area contributed by atoms with Crippen LogP contribution in [0.1, 0.15) is 241 Å². The van der Waals surface area contributed by atoms with Crippen LogP contribution in [0.15, 0.2) is 0 Å². The molecule has 0 rings (SSSR count). The molecule has 0 aliphatic rings. The Morgan fingerprint density at radius 3 is 1.08 bits per heavy atom. The number of ether oxygens (including phenoxy) is 2. The molecule has 0 bridgehead atoms. The third-order valence-corrected chi connectivity index (χ3v) is 11.0. The maximum atomic E-state index is 12.5. The monoisotopic (exact) mass is 754 g/mol. The number of aliphatic hydroxyl groups is 1. The average Bonchev–Trinajstić information content (AvgIpc) is 3.14. The van der Waals surface area contributed by atoms with E-state index < -0.39 is 0 Å². The zero-order valence-corrected chi connectivity index (χ0v) is 35.6. The van der Waals surface area contributed by atoms with E-state index in [1.165, 1.54) is 154 Å². The van der Waals surface area contributed by atoms with Crippen LogP contribution in [0.5, 0.6) is 0 Å². The first-order valence-electron chi connectivity index (χ1n) is 23.1. The summed E-state index contributed by atoms with van der Waals surface area (Å²) in [4.78, 5) is 27.4. The van der Waals surface area contributed by atoms with Gasteiger partial charge in [-0.15, -0.1) is 0 Å². The lowest BCUT2D eigenvalue weighted by atomic mass is 9.95. The summed E-state index contributed by atoms with van der Waals surface area (Å²) in [6.07, 6.45) is 37.5. The first-order chi connectivity index (χ1) is 25.5. The zero-order chi connectivity index (χ0) is 38.2. The van der Waals surface area contributed by atoms with Gasteiger partial charge in [-0.1, -0.05) is 176 Å². The van der Waals surface area contributed by atoms with Crippen molar-refractivity contribution in [2.45, 2.75) is 241 Å². The van der Waals surface area contributed by atoms with E-state index in [-0.39, 0.29) is 26.0 Å². The van der Waals surface area contributed by atoms with Gasteiger partial charge in [-0.05, 0) is 76.3 Å². The molecule has 0 aromatic carbocycles. The van der Waals surface area contributed by atoms with Crippen LogP contribution in [0.4, 0.5) is 0 Å². The Bertz CT molecular complexity index is 688.